The molecule has 3 aromatic rings. The van der Waals surface area contributed by atoms with E-state index in [-0.39, 0.29) is 24.0 Å². The molecule has 0 bridgehead atoms. The van der Waals surface area contributed by atoms with Gasteiger partial charge >= 0.3 is 0 Å². The van der Waals surface area contributed by atoms with Gasteiger partial charge in [-0.3, -0.25) is 0 Å². The van der Waals surface area contributed by atoms with E-state index in [9.17, 15) is 0 Å². The van der Waals surface area contributed by atoms with Gasteiger partial charge in [0, 0.05) is 42.2 Å². The Kier molecular flexibility index (Phi) is 8.82. The molecule has 1 aromatic carbocycles. The number of para-hydroxylation sites is 1. The number of guanidine groups is 1. The van der Waals surface area contributed by atoms with Crippen molar-refractivity contribution in [3.63, 3.8) is 0 Å². The van der Waals surface area contributed by atoms with Crippen LogP contribution in [0.25, 0.3) is 10.9 Å². The average molecular weight is 495 g/mol. The van der Waals surface area contributed by atoms with Crippen LogP contribution in [0, 0.1) is 0 Å². The summed E-state index contributed by atoms with van der Waals surface area (Å²) >= 11 is 0. The summed E-state index contributed by atoms with van der Waals surface area (Å²) in [5.74, 6) is 1.76. The summed E-state index contributed by atoms with van der Waals surface area (Å²) in [7, 11) is 0. The predicted octanol–water partition coefficient (Wildman–Crippen LogP) is 4.20. The van der Waals surface area contributed by atoms with Crippen LogP contribution < -0.4 is 10.6 Å². The van der Waals surface area contributed by atoms with Crippen LogP contribution in [0.2, 0.25) is 0 Å². The van der Waals surface area contributed by atoms with Gasteiger partial charge < -0.3 is 20.1 Å². The van der Waals surface area contributed by atoms with Gasteiger partial charge in [-0.15, -0.1) is 24.0 Å². The number of aliphatic imine (C=N–C) groups is 1. The third-order valence-electron chi connectivity index (χ3n) is 4.71. The number of nitrogens with one attached hydrogen (secondary N) is 3. The van der Waals surface area contributed by atoms with Gasteiger partial charge in [-0.1, -0.05) is 37.2 Å². The Hall–Kier alpha value is -2.03. The number of aromatic nitrogens is 2. The lowest BCUT2D eigenvalue weighted by molar-refractivity contribution is 0.380. The lowest BCUT2D eigenvalue weighted by Crippen LogP contribution is -2.38. The molecular weight excluding hydrogens is 465 g/mol. The fraction of sp³-hybridized carbons (Fsp3) is 0.429. The Bertz CT molecular complexity index is 878. The summed E-state index contributed by atoms with van der Waals surface area (Å²) in [6, 6.07) is 8.39. The normalized spacial score (nSPS) is 11.5. The van der Waals surface area contributed by atoms with Gasteiger partial charge in [0.25, 0.3) is 0 Å². The third kappa shape index (κ3) is 5.27. The van der Waals surface area contributed by atoms with E-state index >= 15 is 0 Å². The second-order valence-corrected chi connectivity index (χ2v) is 6.47. The van der Waals surface area contributed by atoms with Gasteiger partial charge in [0.15, 0.2) is 5.96 Å². The van der Waals surface area contributed by atoms with E-state index in [1.54, 1.807) is 0 Å². The van der Waals surface area contributed by atoms with Crippen molar-refractivity contribution in [2.24, 2.45) is 4.99 Å². The zero-order chi connectivity index (χ0) is 19.1. The largest absolute Gasteiger partial charge is 0.361 e. The molecule has 0 radical (unpaired) electrons. The van der Waals surface area contributed by atoms with Crippen molar-refractivity contribution in [3.8, 4) is 0 Å². The Morgan fingerprint density at radius 3 is 2.71 bits per heavy atom. The molecule has 7 heteroatoms. The first-order chi connectivity index (χ1) is 13.3. The molecule has 152 valence electrons. The molecule has 6 nitrogen and oxygen atoms in total. The van der Waals surface area contributed by atoms with E-state index in [2.05, 4.69) is 72.0 Å². The molecule has 0 aliphatic carbocycles. The molecule has 0 atom stereocenters. The van der Waals surface area contributed by atoms with Crippen LogP contribution >= 0.6 is 24.0 Å². The minimum Gasteiger partial charge on any atom is -0.361 e. The number of aryl methyl sites for hydroxylation is 2. The van der Waals surface area contributed by atoms with E-state index in [4.69, 9.17) is 9.52 Å². The number of halogens is 1. The SMILES string of the molecule is CCNC(=NCc1c(CC)noc1CC)NCCc1c[nH]c2ccccc12.I. The Labute approximate surface area is 183 Å². The van der Waals surface area contributed by atoms with Crippen molar-refractivity contribution in [2.75, 3.05) is 13.1 Å². The van der Waals surface area contributed by atoms with E-state index in [0.717, 1.165) is 55.3 Å². The van der Waals surface area contributed by atoms with Crippen LogP contribution in [-0.4, -0.2) is 29.2 Å². The Morgan fingerprint density at radius 2 is 1.96 bits per heavy atom. The second-order valence-electron chi connectivity index (χ2n) is 6.47. The zero-order valence-electron chi connectivity index (χ0n) is 16.8. The Balaban J connectivity index is 0.00000280. The highest BCUT2D eigenvalue weighted by Crippen LogP contribution is 2.18. The molecule has 0 aliphatic heterocycles. The first kappa shape index (κ1) is 22.3. The lowest BCUT2D eigenvalue weighted by atomic mass is 10.1. The van der Waals surface area contributed by atoms with Crippen molar-refractivity contribution in [3.05, 3.63) is 53.0 Å². The molecule has 0 aliphatic rings. The number of nitrogens with zero attached hydrogens (tertiary/aromatic N) is 2. The van der Waals surface area contributed by atoms with E-state index in [0.29, 0.717) is 6.54 Å². The highest BCUT2D eigenvalue weighted by Gasteiger charge is 2.13. The summed E-state index contributed by atoms with van der Waals surface area (Å²) in [6.07, 6.45) is 4.72. The first-order valence-corrected chi connectivity index (χ1v) is 9.80. The van der Waals surface area contributed by atoms with E-state index < -0.39 is 0 Å². The minimum absolute atomic E-state index is 0. The summed E-state index contributed by atoms with van der Waals surface area (Å²) in [5.41, 5.74) is 4.62. The first-order valence-electron chi connectivity index (χ1n) is 9.80. The number of fused-ring (bicyclic) bond motifs is 1. The van der Waals surface area contributed by atoms with Crippen LogP contribution in [0.15, 0.2) is 40.0 Å². The quantitative estimate of drug-likeness (QED) is 0.249. The van der Waals surface area contributed by atoms with Gasteiger partial charge in [0.1, 0.15) is 5.76 Å². The summed E-state index contributed by atoms with van der Waals surface area (Å²) in [4.78, 5) is 8.07. The molecule has 0 fully saturated rings. The molecule has 0 spiro atoms. The number of aromatic amines is 1. The molecule has 2 heterocycles. The summed E-state index contributed by atoms with van der Waals surface area (Å²) in [5, 5.41) is 12.2. The smallest absolute Gasteiger partial charge is 0.191 e. The molecule has 0 unspecified atom stereocenters. The average Bonchev–Trinajstić information content (AvgIpc) is 3.29. The monoisotopic (exact) mass is 495 g/mol. The van der Waals surface area contributed by atoms with Gasteiger partial charge in [-0.25, -0.2) is 4.99 Å². The van der Waals surface area contributed by atoms with Crippen molar-refractivity contribution in [1.29, 1.82) is 0 Å². The molecular formula is C21H30IN5O. The standard InChI is InChI=1S/C21H29N5O.HI/c1-4-18-17(20(5-2)27-26-18)14-25-21(22-6-3)23-12-11-15-13-24-19-10-8-7-9-16(15)19;/h7-10,13,24H,4-6,11-12,14H2,1-3H3,(H2,22,23,25);1H. The van der Waals surface area contributed by atoms with Crippen molar-refractivity contribution < 1.29 is 4.52 Å². The number of H-pyrrole nitrogens is 1. The maximum Gasteiger partial charge on any atom is 0.191 e. The molecule has 3 rings (SSSR count). The van der Waals surface area contributed by atoms with Crippen LogP contribution in [0.4, 0.5) is 0 Å². The van der Waals surface area contributed by atoms with Crippen LogP contribution in [0.1, 0.15) is 43.4 Å². The van der Waals surface area contributed by atoms with Crippen molar-refractivity contribution >= 4 is 40.8 Å². The highest BCUT2D eigenvalue weighted by atomic mass is 127. The van der Waals surface area contributed by atoms with Gasteiger partial charge in [0.05, 0.1) is 12.2 Å². The maximum absolute atomic E-state index is 5.44. The molecule has 0 saturated heterocycles. The van der Waals surface area contributed by atoms with E-state index in [1.165, 1.54) is 16.5 Å². The van der Waals surface area contributed by atoms with Crippen LogP contribution in [0.3, 0.4) is 0 Å². The topological polar surface area (TPSA) is 78.2 Å². The Morgan fingerprint density at radius 1 is 1.14 bits per heavy atom. The second kappa shape index (κ2) is 11.1. The van der Waals surface area contributed by atoms with Crippen molar-refractivity contribution in [1.82, 2.24) is 20.8 Å². The number of rotatable bonds is 8. The van der Waals surface area contributed by atoms with Gasteiger partial charge in [-0.2, -0.15) is 0 Å². The van der Waals surface area contributed by atoms with Crippen LogP contribution in [-0.2, 0) is 25.8 Å². The van der Waals surface area contributed by atoms with Gasteiger partial charge in [0.2, 0.25) is 0 Å². The predicted molar refractivity (Wildman–Crippen MR) is 125 cm³/mol. The maximum atomic E-state index is 5.44. The molecule has 28 heavy (non-hydrogen) atoms. The van der Waals surface area contributed by atoms with Crippen LogP contribution in [0.5, 0.6) is 0 Å². The molecule has 2 aromatic heterocycles. The summed E-state index contributed by atoms with van der Waals surface area (Å²) < 4.78 is 5.44. The lowest BCUT2D eigenvalue weighted by Gasteiger charge is -2.11. The van der Waals surface area contributed by atoms with E-state index in [1.807, 2.05) is 0 Å². The van der Waals surface area contributed by atoms with Gasteiger partial charge in [-0.05, 0) is 31.4 Å². The molecule has 3 N–H and O–H groups in total. The molecule has 0 amide bonds. The summed E-state index contributed by atoms with van der Waals surface area (Å²) in [6.45, 7) is 8.47. The fourth-order valence-electron chi connectivity index (χ4n) is 3.27. The highest BCUT2D eigenvalue weighted by molar-refractivity contribution is 14.0. The number of hydrogen-bond acceptors (Lipinski definition) is 3. The number of hydrogen-bond donors (Lipinski definition) is 3. The molecule has 0 saturated carbocycles. The minimum atomic E-state index is 0. The number of benzene rings is 1. The zero-order valence-corrected chi connectivity index (χ0v) is 19.2. The van der Waals surface area contributed by atoms with Crippen molar-refractivity contribution in [2.45, 2.75) is 46.6 Å². The third-order valence-corrected chi connectivity index (χ3v) is 4.71. The fourth-order valence-corrected chi connectivity index (χ4v) is 3.27.